The fraction of sp³-hybridized carbons (Fsp3) is 0.474. The summed E-state index contributed by atoms with van der Waals surface area (Å²) in [6, 6.07) is 6.43. The van der Waals surface area contributed by atoms with E-state index >= 15 is 0 Å². The zero-order valence-corrected chi connectivity index (χ0v) is 18.6. The molecule has 0 aromatic carbocycles. The quantitative estimate of drug-likeness (QED) is 0.371. The third kappa shape index (κ3) is 5.84. The highest BCUT2D eigenvalue weighted by atomic mass is 127. The Kier molecular flexibility index (Phi) is 8.64. The Labute approximate surface area is 177 Å². The van der Waals surface area contributed by atoms with E-state index in [-0.39, 0.29) is 24.0 Å². The molecule has 1 unspecified atom stereocenters. The number of anilines is 1. The molecule has 0 aliphatic carbocycles. The topological polar surface area (TPSA) is 52.6 Å². The third-order valence-electron chi connectivity index (χ3n) is 4.61. The highest BCUT2D eigenvalue weighted by Crippen LogP contribution is 2.19. The molecule has 2 aromatic rings. The number of aliphatic imine (C=N–C) groups is 1. The van der Waals surface area contributed by atoms with E-state index in [1.807, 2.05) is 13.2 Å². The number of guanidine groups is 1. The summed E-state index contributed by atoms with van der Waals surface area (Å²) in [5.74, 6) is 2.39. The molecule has 7 heteroatoms. The van der Waals surface area contributed by atoms with Crippen molar-refractivity contribution in [2.45, 2.75) is 32.2 Å². The minimum atomic E-state index is 0. The van der Waals surface area contributed by atoms with Crippen LogP contribution in [0.15, 0.2) is 40.1 Å². The Morgan fingerprint density at radius 1 is 1.31 bits per heavy atom. The second-order valence-corrected chi connectivity index (χ2v) is 7.26. The molecule has 1 aliphatic rings. The zero-order chi connectivity index (χ0) is 17.5. The minimum absolute atomic E-state index is 0. The van der Waals surface area contributed by atoms with Crippen molar-refractivity contribution in [1.82, 2.24) is 15.6 Å². The zero-order valence-electron chi connectivity index (χ0n) is 15.4. The van der Waals surface area contributed by atoms with Gasteiger partial charge in [0, 0.05) is 39.4 Å². The van der Waals surface area contributed by atoms with E-state index < -0.39 is 0 Å². The smallest absolute Gasteiger partial charge is 0.191 e. The molecule has 3 heterocycles. The van der Waals surface area contributed by atoms with Crippen molar-refractivity contribution >= 4 is 47.1 Å². The van der Waals surface area contributed by atoms with Crippen molar-refractivity contribution < 1.29 is 0 Å². The van der Waals surface area contributed by atoms with Gasteiger partial charge in [-0.15, -0.1) is 24.0 Å². The van der Waals surface area contributed by atoms with Gasteiger partial charge in [-0.1, -0.05) is 6.92 Å². The van der Waals surface area contributed by atoms with Gasteiger partial charge >= 0.3 is 0 Å². The van der Waals surface area contributed by atoms with Crippen molar-refractivity contribution in [3.05, 3.63) is 46.3 Å². The lowest BCUT2D eigenvalue weighted by atomic mass is 10.1. The fourth-order valence-electron chi connectivity index (χ4n) is 3.02. The molecule has 5 nitrogen and oxygen atoms in total. The van der Waals surface area contributed by atoms with Gasteiger partial charge < -0.3 is 15.5 Å². The van der Waals surface area contributed by atoms with Crippen LogP contribution in [0.2, 0.25) is 0 Å². The Bertz CT molecular complexity index is 683. The second kappa shape index (κ2) is 10.7. The minimum Gasteiger partial charge on any atom is -0.357 e. The number of rotatable bonds is 6. The Hall–Kier alpha value is -1.35. The van der Waals surface area contributed by atoms with Crippen LogP contribution in [-0.2, 0) is 6.54 Å². The lowest BCUT2D eigenvalue weighted by Crippen LogP contribution is -2.38. The van der Waals surface area contributed by atoms with Gasteiger partial charge in [0.1, 0.15) is 5.82 Å². The largest absolute Gasteiger partial charge is 0.357 e. The van der Waals surface area contributed by atoms with Gasteiger partial charge in [-0.05, 0) is 58.8 Å². The van der Waals surface area contributed by atoms with E-state index in [4.69, 9.17) is 0 Å². The van der Waals surface area contributed by atoms with Crippen molar-refractivity contribution in [2.75, 3.05) is 31.6 Å². The Morgan fingerprint density at radius 2 is 2.12 bits per heavy atom. The number of aromatic nitrogens is 1. The molecule has 1 fully saturated rings. The van der Waals surface area contributed by atoms with Crippen LogP contribution in [0.5, 0.6) is 0 Å². The number of halogens is 1. The molecule has 142 valence electrons. The van der Waals surface area contributed by atoms with E-state index in [9.17, 15) is 0 Å². The van der Waals surface area contributed by atoms with Gasteiger partial charge in [0.2, 0.25) is 0 Å². The van der Waals surface area contributed by atoms with Crippen LogP contribution in [0.3, 0.4) is 0 Å². The summed E-state index contributed by atoms with van der Waals surface area (Å²) in [5, 5.41) is 11.1. The van der Waals surface area contributed by atoms with Crippen LogP contribution in [-0.4, -0.2) is 37.6 Å². The second-order valence-electron chi connectivity index (χ2n) is 6.48. The highest BCUT2D eigenvalue weighted by molar-refractivity contribution is 14.0. The molecule has 0 bridgehead atoms. The van der Waals surface area contributed by atoms with E-state index in [0.29, 0.717) is 5.92 Å². The predicted octanol–water partition coefficient (Wildman–Crippen LogP) is 3.83. The standard InChI is InChI=1S/C19H27N5S.HI/c1-15(17-6-10-25-14-17)12-22-19(20-2)23-13-16-5-7-21-18(11-16)24-8-3-4-9-24;/h5-7,10-11,14-15H,3-4,8-9,12-13H2,1-2H3,(H2,20,22,23);1H. The summed E-state index contributed by atoms with van der Waals surface area (Å²) in [6.07, 6.45) is 4.44. The van der Waals surface area contributed by atoms with Gasteiger partial charge in [0.15, 0.2) is 5.96 Å². The van der Waals surface area contributed by atoms with Crippen LogP contribution in [0.4, 0.5) is 5.82 Å². The SMILES string of the molecule is CN=C(NCc1ccnc(N2CCCC2)c1)NCC(C)c1ccsc1.I. The van der Waals surface area contributed by atoms with Crippen molar-refractivity contribution in [3.8, 4) is 0 Å². The number of hydrogen-bond acceptors (Lipinski definition) is 4. The summed E-state index contributed by atoms with van der Waals surface area (Å²) in [7, 11) is 1.81. The fourth-order valence-corrected chi connectivity index (χ4v) is 3.80. The van der Waals surface area contributed by atoms with Crippen LogP contribution in [0, 0.1) is 0 Å². The van der Waals surface area contributed by atoms with Gasteiger partial charge in [-0.25, -0.2) is 4.98 Å². The molecule has 2 N–H and O–H groups in total. The molecule has 1 atom stereocenters. The summed E-state index contributed by atoms with van der Waals surface area (Å²) in [5.41, 5.74) is 2.60. The number of pyridine rings is 1. The van der Waals surface area contributed by atoms with Gasteiger partial charge in [-0.3, -0.25) is 4.99 Å². The number of nitrogens with one attached hydrogen (secondary N) is 2. The summed E-state index contributed by atoms with van der Waals surface area (Å²) in [6.45, 7) is 6.08. The monoisotopic (exact) mass is 485 g/mol. The van der Waals surface area contributed by atoms with Crippen molar-refractivity contribution in [1.29, 1.82) is 0 Å². The highest BCUT2D eigenvalue weighted by Gasteiger charge is 2.13. The molecule has 3 rings (SSSR count). The molecule has 1 saturated heterocycles. The predicted molar refractivity (Wildman–Crippen MR) is 122 cm³/mol. The van der Waals surface area contributed by atoms with E-state index in [1.165, 1.54) is 24.0 Å². The normalized spacial score (nSPS) is 15.5. The number of nitrogens with zero attached hydrogens (tertiary/aromatic N) is 3. The summed E-state index contributed by atoms with van der Waals surface area (Å²) < 4.78 is 0. The maximum Gasteiger partial charge on any atom is 0.191 e. The molecule has 0 spiro atoms. The average Bonchev–Trinajstić information content (AvgIpc) is 3.35. The molecule has 1 aliphatic heterocycles. The summed E-state index contributed by atoms with van der Waals surface area (Å²) in [4.78, 5) is 11.2. The molecule has 26 heavy (non-hydrogen) atoms. The molecule has 0 amide bonds. The van der Waals surface area contributed by atoms with E-state index in [0.717, 1.165) is 38.0 Å². The lowest BCUT2D eigenvalue weighted by Gasteiger charge is -2.18. The molecule has 2 aromatic heterocycles. The average molecular weight is 485 g/mol. The van der Waals surface area contributed by atoms with Crippen LogP contribution in [0.25, 0.3) is 0 Å². The van der Waals surface area contributed by atoms with E-state index in [1.54, 1.807) is 11.3 Å². The van der Waals surface area contributed by atoms with Gasteiger partial charge in [0.25, 0.3) is 0 Å². The first-order valence-corrected chi connectivity index (χ1v) is 9.87. The first-order valence-electron chi connectivity index (χ1n) is 8.93. The lowest BCUT2D eigenvalue weighted by molar-refractivity contribution is 0.700. The van der Waals surface area contributed by atoms with Gasteiger partial charge in [-0.2, -0.15) is 11.3 Å². The maximum atomic E-state index is 4.51. The Morgan fingerprint density at radius 3 is 2.81 bits per heavy atom. The summed E-state index contributed by atoms with van der Waals surface area (Å²) >= 11 is 1.74. The maximum absolute atomic E-state index is 4.51. The molecule has 0 saturated carbocycles. The molecule has 0 radical (unpaired) electrons. The van der Waals surface area contributed by atoms with Crippen LogP contribution in [0.1, 0.15) is 36.8 Å². The van der Waals surface area contributed by atoms with Crippen LogP contribution < -0.4 is 15.5 Å². The first kappa shape index (κ1) is 21.0. The number of hydrogen-bond donors (Lipinski definition) is 2. The number of thiophene rings is 1. The van der Waals surface area contributed by atoms with Crippen LogP contribution >= 0.6 is 35.3 Å². The molecular formula is C19H28IN5S. The molecular weight excluding hydrogens is 457 g/mol. The first-order chi connectivity index (χ1) is 12.3. The third-order valence-corrected chi connectivity index (χ3v) is 5.31. The van der Waals surface area contributed by atoms with Gasteiger partial charge in [0.05, 0.1) is 0 Å². The van der Waals surface area contributed by atoms with E-state index in [2.05, 4.69) is 61.4 Å². The van der Waals surface area contributed by atoms with Crippen molar-refractivity contribution in [3.63, 3.8) is 0 Å². The Balaban J connectivity index is 0.00000243. The van der Waals surface area contributed by atoms with Crippen molar-refractivity contribution in [2.24, 2.45) is 4.99 Å².